The number of carboxylic acids is 1. The molecule has 7 nitrogen and oxygen atoms in total. The van der Waals surface area contributed by atoms with Crippen molar-refractivity contribution in [2.75, 3.05) is 13.1 Å². The van der Waals surface area contributed by atoms with Gasteiger partial charge in [0.25, 0.3) is 0 Å². The van der Waals surface area contributed by atoms with Gasteiger partial charge in [-0.2, -0.15) is 0 Å². The Morgan fingerprint density at radius 3 is 2.47 bits per heavy atom. The number of amides is 1. The number of nitrogens with one attached hydrogen (secondary N) is 1. The van der Waals surface area contributed by atoms with Crippen molar-refractivity contribution in [1.29, 1.82) is 0 Å². The summed E-state index contributed by atoms with van der Waals surface area (Å²) in [5.74, 6) is -1.49. The van der Waals surface area contributed by atoms with Gasteiger partial charge in [-0.3, -0.25) is 9.59 Å². The van der Waals surface area contributed by atoms with Gasteiger partial charge in [-0.15, -0.1) is 0 Å². The van der Waals surface area contributed by atoms with E-state index in [9.17, 15) is 9.59 Å². The van der Waals surface area contributed by atoms with Gasteiger partial charge in [-0.1, -0.05) is 6.42 Å². The zero-order chi connectivity index (χ0) is 13.3. The van der Waals surface area contributed by atoms with Gasteiger partial charge in [0, 0.05) is 13.0 Å². The van der Waals surface area contributed by atoms with Crippen molar-refractivity contribution in [3.63, 3.8) is 0 Å². The summed E-state index contributed by atoms with van der Waals surface area (Å²) in [6.07, 6.45) is 1.14. The maximum Gasteiger partial charge on any atom is 0.451 e. The number of carbonyl (C=O) groups is 2. The van der Waals surface area contributed by atoms with E-state index in [2.05, 4.69) is 5.32 Å². The van der Waals surface area contributed by atoms with Crippen molar-refractivity contribution in [3.05, 3.63) is 0 Å². The number of rotatable bonds is 9. The van der Waals surface area contributed by atoms with Crippen LogP contribution in [-0.4, -0.2) is 47.2 Å². The lowest BCUT2D eigenvalue weighted by molar-refractivity contribution is -0.138. The van der Waals surface area contributed by atoms with Crippen molar-refractivity contribution in [2.24, 2.45) is 11.7 Å². The molecule has 8 heteroatoms. The maximum atomic E-state index is 10.9. The molecule has 0 aliphatic rings. The SMILES string of the molecule is NCC(=O)NCC(CCCB(O)O)CC(=O)O. The third kappa shape index (κ3) is 9.79. The number of carboxylic acid groups (broad SMARTS) is 1. The molecule has 0 saturated carbocycles. The fourth-order valence-electron chi connectivity index (χ4n) is 1.44. The van der Waals surface area contributed by atoms with Gasteiger partial charge in [-0.25, -0.2) is 0 Å². The summed E-state index contributed by atoms with van der Waals surface area (Å²) >= 11 is 0. The fraction of sp³-hybridized carbons (Fsp3) is 0.778. The summed E-state index contributed by atoms with van der Waals surface area (Å²) in [7, 11) is -1.38. The molecule has 6 N–H and O–H groups in total. The third-order valence-corrected chi connectivity index (χ3v) is 2.31. The molecule has 0 aliphatic carbocycles. The van der Waals surface area contributed by atoms with Crippen LogP contribution in [0.4, 0.5) is 0 Å². The van der Waals surface area contributed by atoms with Crippen LogP contribution < -0.4 is 11.1 Å². The highest BCUT2D eigenvalue weighted by atomic mass is 16.4. The fourth-order valence-corrected chi connectivity index (χ4v) is 1.44. The average Bonchev–Trinajstić information content (AvgIpc) is 2.23. The minimum Gasteiger partial charge on any atom is -0.481 e. The first-order chi connectivity index (χ1) is 7.95. The second kappa shape index (κ2) is 8.97. The van der Waals surface area contributed by atoms with Crippen LogP contribution in [0.15, 0.2) is 0 Å². The van der Waals surface area contributed by atoms with Crippen LogP contribution in [0.1, 0.15) is 19.3 Å². The highest BCUT2D eigenvalue weighted by molar-refractivity contribution is 6.40. The van der Waals surface area contributed by atoms with Crippen LogP contribution in [0, 0.1) is 5.92 Å². The maximum absolute atomic E-state index is 10.9. The topological polar surface area (TPSA) is 133 Å². The Bertz CT molecular complexity index is 250. The summed E-state index contributed by atoms with van der Waals surface area (Å²) in [6, 6.07) is 0. The molecule has 1 atom stereocenters. The number of hydrogen-bond acceptors (Lipinski definition) is 5. The first-order valence-electron chi connectivity index (χ1n) is 5.50. The number of hydrogen-bond donors (Lipinski definition) is 5. The Kier molecular flexibility index (Phi) is 8.38. The molecule has 0 saturated heterocycles. The predicted octanol–water partition coefficient (Wildman–Crippen LogP) is -1.59. The van der Waals surface area contributed by atoms with E-state index in [-0.39, 0.29) is 37.7 Å². The normalized spacial score (nSPS) is 11.9. The molecule has 1 amide bonds. The van der Waals surface area contributed by atoms with Crippen LogP contribution in [0.3, 0.4) is 0 Å². The summed E-state index contributed by atoms with van der Waals surface area (Å²) in [5.41, 5.74) is 5.10. The Morgan fingerprint density at radius 2 is 2.00 bits per heavy atom. The summed E-state index contributed by atoms with van der Waals surface area (Å²) in [4.78, 5) is 21.5. The van der Waals surface area contributed by atoms with E-state index >= 15 is 0 Å². The van der Waals surface area contributed by atoms with Crippen molar-refractivity contribution < 1.29 is 24.7 Å². The molecule has 0 aromatic heterocycles. The van der Waals surface area contributed by atoms with Gasteiger partial charge in [0.05, 0.1) is 6.54 Å². The van der Waals surface area contributed by atoms with Gasteiger partial charge in [0.1, 0.15) is 0 Å². The first kappa shape index (κ1) is 15.9. The first-order valence-corrected chi connectivity index (χ1v) is 5.50. The zero-order valence-electron chi connectivity index (χ0n) is 9.63. The van der Waals surface area contributed by atoms with Gasteiger partial charge in [0.15, 0.2) is 0 Å². The van der Waals surface area contributed by atoms with E-state index in [4.69, 9.17) is 20.9 Å². The van der Waals surface area contributed by atoms with Crippen LogP contribution in [-0.2, 0) is 9.59 Å². The van der Waals surface area contributed by atoms with Crippen molar-refractivity contribution >= 4 is 19.0 Å². The van der Waals surface area contributed by atoms with Crippen molar-refractivity contribution in [3.8, 4) is 0 Å². The van der Waals surface area contributed by atoms with Crippen LogP contribution in [0.5, 0.6) is 0 Å². The molecule has 0 aliphatic heterocycles. The highest BCUT2D eigenvalue weighted by Gasteiger charge is 2.15. The van der Waals surface area contributed by atoms with Gasteiger partial charge in [0.2, 0.25) is 5.91 Å². The molecule has 0 fully saturated rings. The van der Waals surface area contributed by atoms with Crippen LogP contribution >= 0.6 is 0 Å². The quantitative estimate of drug-likeness (QED) is 0.311. The number of aliphatic carboxylic acids is 1. The standard InChI is InChI=1S/C9H19BN2O5/c11-5-8(13)12-6-7(4-9(14)15)2-1-3-10(16)17/h7,16-17H,1-6,11H2,(H,12,13)(H,14,15). The second-order valence-electron chi connectivity index (χ2n) is 3.88. The molecule has 0 spiro atoms. The molecule has 0 heterocycles. The van der Waals surface area contributed by atoms with Crippen molar-refractivity contribution in [1.82, 2.24) is 5.32 Å². The zero-order valence-corrected chi connectivity index (χ0v) is 9.63. The summed E-state index contributed by atoms with van der Waals surface area (Å²) in [6.45, 7) is 0.110. The molecular weight excluding hydrogens is 227 g/mol. The molecule has 0 bridgehead atoms. The molecule has 98 valence electrons. The Labute approximate surface area is 100 Å². The molecule has 0 radical (unpaired) electrons. The number of carbonyl (C=O) groups excluding carboxylic acids is 1. The summed E-state index contributed by atoms with van der Waals surface area (Å²) in [5, 5.41) is 28.5. The minimum absolute atomic E-state index is 0.0631. The molecular formula is C9H19BN2O5. The van der Waals surface area contributed by atoms with Crippen LogP contribution in [0.2, 0.25) is 6.32 Å². The van der Waals surface area contributed by atoms with E-state index < -0.39 is 13.1 Å². The van der Waals surface area contributed by atoms with E-state index in [0.29, 0.717) is 12.8 Å². The average molecular weight is 246 g/mol. The predicted molar refractivity (Wildman–Crippen MR) is 62.0 cm³/mol. The Morgan fingerprint density at radius 1 is 1.35 bits per heavy atom. The monoisotopic (exact) mass is 246 g/mol. The van der Waals surface area contributed by atoms with Gasteiger partial charge >= 0.3 is 13.1 Å². The lowest BCUT2D eigenvalue weighted by Crippen LogP contribution is -2.34. The van der Waals surface area contributed by atoms with Crippen molar-refractivity contribution in [2.45, 2.75) is 25.6 Å². The lowest BCUT2D eigenvalue weighted by Gasteiger charge is -2.15. The molecule has 17 heavy (non-hydrogen) atoms. The second-order valence-corrected chi connectivity index (χ2v) is 3.88. The molecule has 0 aromatic carbocycles. The van der Waals surface area contributed by atoms with Crippen LogP contribution in [0.25, 0.3) is 0 Å². The van der Waals surface area contributed by atoms with E-state index in [1.165, 1.54) is 0 Å². The molecule has 0 aromatic rings. The molecule has 0 rings (SSSR count). The smallest absolute Gasteiger partial charge is 0.451 e. The lowest BCUT2D eigenvalue weighted by atomic mass is 9.82. The summed E-state index contributed by atoms with van der Waals surface area (Å²) < 4.78 is 0. The van der Waals surface area contributed by atoms with E-state index in [1.54, 1.807) is 0 Å². The highest BCUT2D eigenvalue weighted by Crippen LogP contribution is 2.13. The number of nitrogens with two attached hydrogens (primary N) is 1. The van der Waals surface area contributed by atoms with Gasteiger partial charge < -0.3 is 26.2 Å². The Hall–Kier alpha value is -1.12. The van der Waals surface area contributed by atoms with E-state index in [1.807, 2.05) is 0 Å². The van der Waals surface area contributed by atoms with E-state index in [0.717, 1.165) is 0 Å². The minimum atomic E-state index is -1.38. The van der Waals surface area contributed by atoms with Gasteiger partial charge in [-0.05, 0) is 18.7 Å². The third-order valence-electron chi connectivity index (χ3n) is 2.31. The molecule has 1 unspecified atom stereocenters. The largest absolute Gasteiger partial charge is 0.481 e. The Balaban J connectivity index is 3.96.